The van der Waals surface area contributed by atoms with Gasteiger partial charge >= 0.3 is 0 Å². The predicted molar refractivity (Wildman–Crippen MR) is 40.2 cm³/mol. The fourth-order valence-corrected chi connectivity index (χ4v) is 1.20. The van der Waals surface area contributed by atoms with Crippen molar-refractivity contribution in [1.29, 1.82) is 0 Å². The summed E-state index contributed by atoms with van der Waals surface area (Å²) in [6, 6.07) is -0.192. The Kier molecular flexibility index (Phi) is 2.84. The molecule has 4 nitrogen and oxygen atoms in total. The average Bonchev–Trinajstić information content (AvgIpc) is 2.16. The van der Waals surface area contributed by atoms with Gasteiger partial charge in [0, 0.05) is 6.54 Å². The van der Waals surface area contributed by atoms with E-state index in [1.807, 2.05) is 6.92 Å². The van der Waals surface area contributed by atoms with Crippen molar-refractivity contribution in [2.45, 2.75) is 25.8 Å². The van der Waals surface area contributed by atoms with Crippen LogP contribution in [0.1, 0.15) is 19.8 Å². The second-order valence-corrected chi connectivity index (χ2v) is 2.73. The first-order valence-electron chi connectivity index (χ1n) is 3.99. The van der Waals surface area contributed by atoms with Crippen LogP contribution in [0.15, 0.2) is 0 Å². The highest BCUT2D eigenvalue weighted by atomic mass is 16.5. The Morgan fingerprint density at radius 2 is 2.55 bits per heavy atom. The highest BCUT2D eigenvalue weighted by molar-refractivity contribution is 5.80. The van der Waals surface area contributed by atoms with E-state index >= 15 is 0 Å². The highest BCUT2D eigenvalue weighted by Gasteiger charge is 2.23. The molecule has 0 aliphatic carbocycles. The van der Waals surface area contributed by atoms with E-state index in [1.165, 1.54) is 0 Å². The molecule has 1 heterocycles. The second-order valence-electron chi connectivity index (χ2n) is 2.73. The Morgan fingerprint density at radius 3 is 3.18 bits per heavy atom. The maximum Gasteiger partial charge on any atom is 0.263 e. The number of hydrogen-bond donors (Lipinski definition) is 2. The van der Waals surface area contributed by atoms with Crippen LogP contribution >= 0.6 is 0 Å². The minimum atomic E-state index is -0.204. The van der Waals surface area contributed by atoms with Crippen molar-refractivity contribution in [1.82, 2.24) is 10.4 Å². The van der Waals surface area contributed by atoms with Crippen molar-refractivity contribution in [2.24, 2.45) is 0 Å². The number of amides is 1. The Balaban J connectivity index is 2.56. The lowest BCUT2D eigenvalue weighted by atomic mass is 10.2. The summed E-state index contributed by atoms with van der Waals surface area (Å²) in [5, 5.41) is 13.0. The van der Waals surface area contributed by atoms with E-state index in [-0.39, 0.29) is 11.9 Å². The van der Waals surface area contributed by atoms with Gasteiger partial charge in [0.15, 0.2) is 0 Å². The molecule has 4 heteroatoms. The summed E-state index contributed by atoms with van der Waals surface area (Å²) in [5.41, 5.74) is 0. The summed E-state index contributed by atoms with van der Waals surface area (Å²) in [7, 11) is 0. The summed E-state index contributed by atoms with van der Waals surface area (Å²) in [6.45, 7) is 3.18. The normalized spacial score (nSPS) is 26.9. The van der Waals surface area contributed by atoms with Crippen LogP contribution in [0.4, 0.5) is 0 Å². The molecule has 64 valence electrons. The van der Waals surface area contributed by atoms with Crippen molar-refractivity contribution in [3.63, 3.8) is 0 Å². The zero-order valence-electron chi connectivity index (χ0n) is 6.71. The third-order valence-corrected chi connectivity index (χ3v) is 1.90. The van der Waals surface area contributed by atoms with Crippen LogP contribution in [0.25, 0.3) is 0 Å². The van der Waals surface area contributed by atoms with E-state index in [0.29, 0.717) is 6.54 Å². The average molecular weight is 158 g/mol. The molecule has 2 N–H and O–H groups in total. The summed E-state index contributed by atoms with van der Waals surface area (Å²) >= 11 is 0. The van der Waals surface area contributed by atoms with Gasteiger partial charge in [0.25, 0.3) is 5.91 Å². The smallest absolute Gasteiger partial charge is 0.263 e. The SMILES string of the molecule is CCC1NCCCN(O)C1=O. The minimum Gasteiger partial charge on any atom is -0.306 e. The number of nitrogens with one attached hydrogen (secondary N) is 1. The van der Waals surface area contributed by atoms with Gasteiger partial charge in [0.2, 0.25) is 0 Å². The molecule has 0 aromatic rings. The number of carbonyl (C=O) groups is 1. The monoisotopic (exact) mass is 158 g/mol. The van der Waals surface area contributed by atoms with Gasteiger partial charge in [0.1, 0.15) is 0 Å². The van der Waals surface area contributed by atoms with Crippen molar-refractivity contribution < 1.29 is 10.0 Å². The Morgan fingerprint density at radius 1 is 1.82 bits per heavy atom. The Bertz CT molecular complexity index is 149. The van der Waals surface area contributed by atoms with E-state index in [9.17, 15) is 4.79 Å². The molecule has 0 radical (unpaired) electrons. The first kappa shape index (κ1) is 8.49. The second kappa shape index (κ2) is 3.69. The fourth-order valence-electron chi connectivity index (χ4n) is 1.20. The van der Waals surface area contributed by atoms with Crippen LogP contribution < -0.4 is 5.32 Å². The number of carbonyl (C=O) groups excluding carboxylic acids is 1. The van der Waals surface area contributed by atoms with Crippen molar-refractivity contribution >= 4 is 5.91 Å². The van der Waals surface area contributed by atoms with Gasteiger partial charge in [-0.25, -0.2) is 5.06 Å². The molecule has 0 spiro atoms. The van der Waals surface area contributed by atoms with Crippen LogP contribution in [-0.2, 0) is 4.79 Å². The molecule has 1 atom stereocenters. The van der Waals surface area contributed by atoms with Crippen LogP contribution in [0, 0.1) is 0 Å². The molecule has 1 rings (SSSR count). The van der Waals surface area contributed by atoms with Crippen LogP contribution in [0.2, 0.25) is 0 Å². The zero-order valence-corrected chi connectivity index (χ0v) is 6.71. The lowest BCUT2D eigenvalue weighted by molar-refractivity contribution is -0.166. The minimum absolute atomic E-state index is 0.192. The molecule has 1 aliphatic rings. The van der Waals surface area contributed by atoms with E-state index in [1.54, 1.807) is 0 Å². The van der Waals surface area contributed by atoms with Crippen molar-refractivity contribution in [2.75, 3.05) is 13.1 Å². The topological polar surface area (TPSA) is 52.6 Å². The third-order valence-electron chi connectivity index (χ3n) is 1.90. The molecule has 1 unspecified atom stereocenters. The molecule has 0 saturated carbocycles. The molecule has 1 fully saturated rings. The molecule has 0 aromatic carbocycles. The number of nitrogens with zero attached hydrogens (tertiary/aromatic N) is 1. The summed E-state index contributed by atoms with van der Waals surface area (Å²) in [6.07, 6.45) is 1.55. The Labute approximate surface area is 66.1 Å². The quantitative estimate of drug-likeness (QED) is 0.527. The van der Waals surface area contributed by atoms with Crippen molar-refractivity contribution in [3.05, 3.63) is 0 Å². The number of hydroxylamine groups is 2. The predicted octanol–water partition coefficient (Wildman–Crippen LogP) is -0.0239. The van der Waals surface area contributed by atoms with Gasteiger partial charge < -0.3 is 5.32 Å². The maximum absolute atomic E-state index is 11.2. The molecule has 1 aliphatic heterocycles. The first-order chi connectivity index (χ1) is 5.25. The molecule has 0 bridgehead atoms. The van der Waals surface area contributed by atoms with Gasteiger partial charge in [-0.05, 0) is 19.4 Å². The van der Waals surface area contributed by atoms with Crippen LogP contribution in [0.5, 0.6) is 0 Å². The molecule has 1 amide bonds. The van der Waals surface area contributed by atoms with E-state index < -0.39 is 0 Å². The van der Waals surface area contributed by atoms with Crippen LogP contribution in [0.3, 0.4) is 0 Å². The maximum atomic E-state index is 11.2. The van der Waals surface area contributed by atoms with E-state index in [4.69, 9.17) is 5.21 Å². The lowest BCUT2D eigenvalue weighted by Gasteiger charge is -2.16. The molecular weight excluding hydrogens is 144 g/mol. The van der Waals surface area contributed by atoms with Gasteiger partial charge in [-0.1, -0.05) is 6.92 Å². The number of rotatable bonds is 1. The van der Waals surface area contributed by atoms with Crippen LogP contribution in [-0.4, -0.2) is 35.3 Å². The zero-order chi connectivity index (χ0) is 8.27. The molecular formula is C7H14N2O2. The summed E-state index contributed by atoms with van der Waals surface area (Å²) in [4.78, 5) is 11.2. The largest absolute Gasteiger partial charge is 0.306 e. The third kappa shape index (κ3) is 1.91. The number of hydrogen-bond acceptors (Lipinski definition) is 3. The standard InChI is InChI=1S/C7H14N2O2/c1-2-6-7(10)9(11)5-3-4-8-6/h6,8,11H,2-5H2,1H3. The molecule has 1 saturated heterocycles. The van der Waals surface area contributed by atoms with Gasteiger partial charge in [-0.3, -0.25) is 10.0 Å². The molecule has 0 aromatic heterocycles. The summed E-state index contributed by atoms with van der Waals surface area (Å²) < 4.78 is 0. The first-order valence-corrected chi connectivity index (χ1v) is 3.99. The fraction of sp³-hybridized carbons (Fsp3) is 0.857. The molecule has 11 heavy (non-hydrogen) atoms. The van der Waals surface area contributed by atoms with Crippen molar-refractivity contribution in [3.8, 4) is 0 Å². The highest BCUT2D eigenvalue weighted by Crippen LogP contribution is 2.01. The van der Waals surface area contributed by atoms with E-state index in [0.717, 1.165) is 24.4 Å². The Hall–Kier alpha value is -0.610. The lowest BCUT2D eigenvalue weighted by Crippen LogP contribution is -2.41. The van der Waals surface area contributed by atoms with Gasteiger partial charge in [-0.15, -0.1) is 0 Å². The van der Waals surface area contributed by atoms with Gasteiger partial charge in [-0.2, -0.15) is 0 Å². The van der Waals surface area contributed by atoms with Gasteiger partial charge in [0.05, 0.1) is 6.04 Å². The van der Waals surface area contributed by atoms with E-state index in [2.05, 4.69) is 5.32 Å². The summed E-state index contributed by atoms with van der Waals surface area (Å²) in [5.74, 6) is -0.204.